The molecule has 35 heavy (non-hydrogen) atoms. The van der Waals surface area contributed by atoms with E-state index in [-0.39, 0.29) is 11.7 Å². The lowest BCUT2D eigenvalue weighted by molar-refractivity contribution is 0.111. The van der Waals surface area contributed by atoms with Crippen molar-refractivity contribution in [2.75, 3.05) is 0 Å². The van der Waals surface area contributed by atoms with E-state index in [9.17, 15) is 9.59 Å². The number of aromatic amines is 1. The number of benzene rings is 2. The van der Waals surface area contributed by atoms with E-state index < -0.39 is 0 Å². The van der Waals surface area contributed by atoms with Gasteiger partial charge in [0.1, 0.15) is 5.69 Å². The molecule has 1 N–H and O–H groups in total. The third-order valence-electron chi connectivity index (χ3n) is 6.95. The second-order valence-corrected chi connectivity index (χ2v) is 9.21. The first-order chi connectivity index (χ1) is 17.2. The van der Waals surface area contributed by atoms with Crippen LogP contribution in [0.2, 0.25) is 0 Å². The topological polar surface area (TPSA) is 98.5 Å². The molecule has 8 nitrogen and oxygen atoms in total. The molecule has 1 aliphatic rings. The maximum atomic E-state index is 13.7. The number of tetrazole rings is 1. The number of rotatable bonds is 8. The van der Waals surface area contributed by atoms with Crippen LogP contribution >= 0.6 is 0 Å². The highest BCUT2D eigenvalue weighted by atomic mass is 16.2. The number of aromatic nitrogens is 6. The van der Waals surface area contributed by atoms with E-state index in [1.165, 1.54) is 6.42 Å². The maximum Gasteiger partial charge on any atom is 0.329 e. The predicted molar refractivity (Wildman–Crippen MR) is 134 cm³/mol. The lowest BCUT2D eigenvalue weighted by Gasteiger charge is -2.23. The Hall–Kier alpha value is -3.81. The third kappa shape index (κ3) is 4.48. The lowest BCUT2D eigenvalue weighted by Crippen LogP contribution is -2.30. The van der Waals surface area contributed by atoms with Crippen LogP contribution in [0.1, 0.15) is 73.2 Å². The summed E-state index contributed by atoms with van der Waals surface area (Å²) in [5.41, 5.74) is 5.11. The van der Waals surface area contributed by atoms with Gasteiger partial charge in [-0.15, -0.1) is 10.2 Å². The second kappa shape index (κ2) is 10.2. The first kappa shape index (κ1) is 23.0. The molecule has 5 rings (SSSR count). The highest BCUT2D eigenvalue weighted by Gasteiger charge is 2.26. The van der Waals surface area contributed by atoms with Crippen molar-refractivity contribution in [2.24, 2.45) is 0 Å². The van der Waals surface area contributed by atoms with Crippen molar-refractivity contribution in [2.45, 2.75) is 64.5 Å². The minimum absolute atomic E-state index is 0.0873. The quantitative estimate of drug-likeness (QED) is 0.373. The van der Waals surface area contributed by atoms with Crippen molar-refractivity contribution in [1.29, 1.82) is 0 Å². The summed E-state index contributed by atoms with van der Waals surface area (Å²) >= 11 is 0. The van der Waals surface area contributed by atoms with Gasteiger partial charge >= 0.3 is 5.69 Å². The van der Waals surface area contributed by atoms with E-state index in [0.29, 0.717) is 24.5 Å². The largest absolute Gasteiger partial charge is 0.329 e. The van der Waals surface area contributed by atoms with Crippen LogP contribution in [0.4, 0.5) is 0 Å². The van der Waals surface area contributed by atoms with Gasteiger partial charge in [-0.05, 0) is 47.2 Å². The number of H-pyrrole nitrogens is 1. The predicted octanol–water partition coefficient (Wildman–Crippen LogP) is 4.82. The zero-order chi connectivity index (χ0) is 24.2. The summed E-state index contributed by atoms with van der Waals surface area (Å²) in [4.78, 5) is 25.9. The van der Waals surface area contributed by atoms with E-state index in [4.69, 9.17) is 0 Å². The normalized spacial score (nSPS) is 14.3. The van der Waals surface area contributed by atoms with Gasteiger partial charge in [-0.25, -0.2) is 4.79 Å². The van der Waals surface area contributed by atoms with Gasteiger partial charge < -0.3 is 0 Å². The van der Waals surface area contributed by atoms with Crippen LogP contribution in [0.3, 0.4) is 0 Å². The van der Waals surface area contributed by atoms with Gasteiger partial charge in [-0.3, -0.25) is 13.9 Å². The molecule has 0 spiro atoms. The van der Waals surface area contributed by atoms with Crippen molar-refractivity contribution in [1.82, 2.24) is 29.8 Å². The molecule has 1 fully saturated rings. The number of carbonyl (C=O) groups is 1. The monoisotopic (exact) mass is 470 g/mol. The molecule has 1 saturated carbocycles. The van der Waals surface area contributed by atoms with Crippen molar-refractivity contribution in [3.8, 4) is 22.5 Å². The van der Waals surface area contributed by atoms with E-state index in [1.54, 1.807) is 9.13 Å². The van der Waals surface area contributed by atoms with Gasteiger partial charge in [0.25, 0.3) is 0 Å². The number of hydrogen-bond donors (Lipinski definition) is 1. The van der Waals surface area contributed by atoms with Crippen LogP contribution in [0.5, 0.6) is 0 Å². The van der Waals surface area contributed by atoms with Crippen LogP contribution in [0, 0.1) is 0 Å². The van der Waals surface area contributed by atoms with E-state index in [0.717, 1.165) is 66.3 Å². The molecule has 0 bridgehead atoms. The number of nitrogens with one attached hydrogen (secondary N) is 1. The van der Waals surface area contributed by atoms with Crippen molar-refractivity contribution >= 4 is 6.29 Å². The van der Waals surface area contributed by atoms with Crippen molar-refractivity contribution in [3.63, 3.8) is 0 Å². The summed E-state index contributed by atoms with van der Waals surface area (Å²) in [5, 5.41) is 14.7. The summed E-state index contributed by atoms with van der Waals surface area (Å²) in [5.74, 6) is 0.500. The number of hydrogen-bond acceptors (Lipinski definition) is 5. The third-order valence-corrected chi connectivity index (χ3v) is 6.95. The molecular formula is C27H30N6O2. The van der Waals surface area contributed by atoms with Crippen molar-refractivity contribution < 1.29 is 4.79 Å². The highest BCUT2D eigenvalue weighted by molar-refractivity contribution is 5.81. The van der Waals surface area contributed by atoms with Crippen LogP contribution in [0.25, 0.3) is 22.5 Å². The summed E-state index contributed by atoms with van der Waals surface area (Å²) < 4.78 is 3.56. The fourth-order valence-electron chi connectivity index (χ4n) is 5.31. The van der Waals surface area contributed by atoms with Gasteiger partial charge in [0.05, 0.1) is 12.2 Å². The van der Waals surface area contributed by atoms with Gasteiger partial charge in [0.2, 0.25) is 5.82 Å². The SMILES string of the molecule is CCCc1c(C=O)n(C2CCCCC2)c(=O)n1Cc1ccc(-c2ccccc2)c(-c2nn[nH]n2)c1. The molecule has 180 valence electrons. The molecule has 8 heteroatoms. The van der Waals surface area contributed by atoms with Crippen LogP contribution in [-0.2, 0) is 13.0 Å². The maximum absolute atomic E-state index is 13.7. The molecule has 2 aromatic carbocycles. The standard InChI is InChI=1S/C27H30N6O2/c1-2-9-24-25(18-34)33(21-12-7-4-8-13-21)27(35)32(24)17-19-14-15-22(20-10-5-3-6-11-20)23(16-19)26-28-30-31-29-26/h3,5-6,10-11,14-16,18,21H,2,4,7-9,12-13,17H2,1H3,(H,28,29,30,31). The minimum Gasteiger partial charge on any atom is -0.296 e. The Bertz CT molecular complexity index is 1350. The van der Waals surface area contributed by atoms with E-state index >= 15 is 0 Å². The summed E-state index contributed by atoms with van der Waals surface area (Å²) in [7, 11) is 0. The van der Waals surface area contributed by atoms with Crippen LogP contribution in [0.15, 0.2) is 53.3 Å². The Morgan fingerprint density at radius 1 is 1.06 bits per heavy atom. The Morgan fingerprint density at radius 3 is 2.54 bits per heavy atom. The molecular weight excluding hydrogens is 440 g/mol. The molecule has 2 heterocycles. The molecule has 0 saturated heterocycles. The fraction of sp³-hybridized carbons (Fsp3) is 0.370. The van der Waals surface area contributed by atoms with Gasteiger partial charge in [0, 0.05) is 11.6 Å². The van der Waals surface area contributed by atoms with Gasteiger partial charge in [-0.1, -0.05) is 75.1 Å². The summed E-state index contributed by atoms with van der Waals surface area (Å²) in [6.07, 6.45) is 7.70. The number of carbonyl (C=O) groups excluding carboxylic acids is 1. The number of nitrogens with zero attached hydrogens (tertiary/aromatic N) is 5. The fourth-order valence-corrected chi connectivity index (χ4v) is 5.31. The zero-order valence-corrected chi connectivity index (χ0v) is 20.0. The second-order valence-electron chi connectivity index (χ2n) is 9.21. The lowest BCUT2D eigenvalue weighted by atomic mass is 9.95. The number of imidazole rings is 1. The Balaban J connectivity index is 1.59. The molecule has 0 aliphatic heterocycles. The minimum atomic E-state index is -0.0873. The smallest absolute Gasteiger partial charge is 0.296 e. The van der Waals surface area contributed by atoms with E-state index in [2.05, 4.69) is 27.5 Å². The Morgan fingerprint density at radius 2 is 1.86 bits per heavy atom. The van der Waals surface area contributed by atoms with Crippen molar-refractivity contribution in [3.05, 3.63) is 76.0 Å². The molecule has 4 aromatic rings. The molecule has 0 unspecified atom stereocenters. The Kier molecular flexibility index (Phi) is 6.70. The van der Waals surface area contributed by atoms with Gasteiger partial charge in [0.15, 0.2) is 6.29 Å². The molecule has 1 aliphatic carbocycles. The molecule has 0 radical (unpaired) electrons. The van der Waals surface area contributed by atoms with Gasteiger partial charge in [-0.2, -0.15) is 5.21 Å². The average molecular weight is 471 g/mol. The summed E-state index contributed by atoms with van der Waals surface area (Å²) in [6.45, 7) is 2.46. The van der Waals surface area contributed by atoms with Crippen LogP contribution < -0.4 is 5.69 Å². The zero-order valence-electron chi connectivity index (χ0n) is 20.0. The number of aldehydes is 1. The molecule has 2 aromatic heterocycles. The first-order valence-electron chi connectivity index (χ1n) is 12.4. The molecule has 0 amide bonds. The first-order valence-corrected chi connectivity index (χ1v) is 12.4. The Labute approximate surface area is 204 Å². The highest BCUT2D eigenvalue weighted by Crippen LogP contribution is 2.32. The molecule has 0 atom stereocenters. The average Bonchev–Trinajstić information content (AvgIpc) is 3.53. The summed E-state index contributed by atoms with van der Waals surface area (Å²) in [6, 6.07) is 16.3. The van der Waals surface area contributed by atoms with E-state index in [1.807, 2.05) is 48.5 Å². The van der Waals surface area contributed by atoms with Crippen LogP contribution in [-0.4, -0.2) is 36.0 Å².